The molecular formula is C13H22N2O2S. The van der Waals surface area contributed by atoms with Crippen molar-refractivity contribution >= 4 is 15.5 Å². The summed E-state index contributed by atoms with van der Waals surface area (Å²) in [4.78, 5) is 2.49. The predicted octanol–water partition coefficient (Wildman–Crippen LogP) is 1.84. The van der Waals surface area contributed by atoms with Crippen LogP contribution < -0.4 is 5.32 Å². The minimum atomic E-state index is -3.11. The minimum absolute atomic E-state index is 0.0372. The van der Waals surface area contributed by atoms with Gasteiger partial charge in [-0.1, -0.05) is 0 Å². The highest BCUT2D eigenvalue weighted by molar-refractivity contribution is 7.90. The van der Waals surface area contributed by atoms with Crippen molar-refractivity contribution in [1.82, 2.24) is 4.90 Å². The molecule has 0 aliphatic heterocycles. The first-order valence-electron chi connectivity index (χ1n) is 5.84. The second kappa shape index (κ2) is 5.28. The molecule has 1 aromatic rings. The molecule has 102 valence electrons. The number of nitrogens with zero attached hydrogens (tertiary/aromatic N) is 1. The largest absolute Gasteiger partial charge is 0.383 e. The lowest BCUT2D eigenvalue weighted by atomic mass is 10.0. The fourth-order valence-corrected chi connectivity index (χ4v) is 1.93. The molecule has 0 spiro atoms. The van der Waals surface area contributed by atoms with Gasteiger partial charge in [-0.3, -0.25) is 0 Å². The molecule has 1 aromatic carbocycles. The van der Waals surface area contributed by atoms with Gasteiger partial charge in [0, 0.05) is 24.0 Å². The van der Waals surface area contributed by atoms with E-state index in [4.69, 9.17) is 0 Å². The second-order valence-corrected chi connectivity index (χ2v) is 7.37. The number of anilines is 1. The minimum Gasteiger partial charge on any atom is -0.383 e. The molecule has 1 rings (SSSR count). The lowest BCUT2D eigenvalue weighted by Crippen LogP contribution is -2.44. The number of sulfone groups is 1. The van der Waals surface area contributed by atoms with Gasteiger partial charge < -0.3 is 10.2 Å². The highest BCUT2D eigenvalue weighted by Crippen LogP contribution is 2.16. The van der Waals surface area contributed by atoms with E-state index in [1.165, 1.54) is 6.26 Å². The van der Waals surface area contributed by atoms with E-state index >= 15 is 0 Å². The molecule has 1 N–H and O–H groups in total. The molecule has 5 heteroatoms. The maximum Gasteiger partial charge on any atom is 0.175 e. The summed E-state index contributed by atoms with van der Waals surface area (Å²) in [6.45, 7) is 5.08. The molecule has 0 amide bonds. The molecule has 0 unspecified atom stereocenters. The normalized spacial score (nSPS) is 12.8. The van der Waals surface area contributed by atoms with Crippen molar-refractivity contribution in [3.8, 4) is 0 Å². The summed E-state index contributed by atoms with van der Waals surface area (Å²) >= 11 is 0. The third-order valence-corrected chi connectivity index (χ3v) is 4.35. The van der Waals surface area contributed by atoms with Crippen LogP contribution in [0.5, 0.6) is 0 Å². The Kier molecular flexibility index (Phi) is 4.40. The SMILES string of the molecule is CN(C)C(C)(C)CNc1ccc(S(C)(=O)=O)cc1. The Morgan fingerprint density at radius 1 is 1.17 bits per heavy atom. The fourth-order valence-electron chi connectivity index (χ4n) is 1.30. The molecule has 0 aromatic heterocycles. The lowest BCUT2D eigenvalue weighted by molar-refractivity contribution is 0.210. The summed E-state index contributed by atoms with van der Waals surface area (Å²) in [7, 11) is 0.960. The Hall–Kier alpha value is -1.07. The molecule has 0 saturated carbocycles. The maximum atomic E-state index is 11.3. The molecule has 4 nitrogen and oxygen atoms in total. The Bertz CT molecular complexity index is 490. The highest BCUT2D eigenvalue weighted by Gasteiger charge is 2.19. The molecule has 0 aliphatic carbocycles. The predicted molar refractivity (Wildman–Crippen MR) is 75.8 cm³/mol. The molecule has 0 fully saturated rings. The third-order valence-electron chi connectivity index (χ3n) is 3.22. The summed E-state index contributed by atoms with van der Waals surface area (Å²) in [5, 5.41) is 3.31. The molecule has 0 bridgehead atoms. The van der Waals surface area contributed by atoms with E-state index in [0.29, 0.717) is 4.90 Å². The monoisotopic (exact) mass is 270 g/mol. The van der Waals surface area contributed by atoms with Crippen LogP contribution in [0.4, 0.5) is 5.69 Å². The first-order chi connectivity index (χ1) is 8.13. The van der Waals surface area contributed by atoms with Crippen LogP contribution in [0.3, 0.4) is 0 Å². The van der Waals surface area contributed by atoms with Gasteiger partial charge in [0.05, 0.1) is 4.90 Å². The Labute approximate surface area is 110 Å². The van der Waals surface area contributed by atoms with Crippen LogP contribution in [-0.2, 0) is 9.84 Å². The standard InChI is InChI=1S/C13H22N2O2S/c1-13(2,15(3)4)10-14-11-6-8-12(9-7-11)18(5,16)17/h6-9,14H,10H2,1-5H3. The van der Waals surface area contributed by atoms with Crippen molar-refractivity contribution in [3.05, 3.63) is 24.3 Å². The van der Waals surface area contributed by atoms with E-state index in [-0.39, 0.29) is 5.54 Å². The maximum absolute atomic E-state index is 11.3. The van der Waals surface area contributed by atoms with Crippen molar-refractivity contribution < 1.29 is 8.42 Å². The summed E-state index contributed by atoms with van der Waals surface area (Å²) in [5.41, 5.74) is 0.965. The van der Waals surface area contributed by atoms with Crippen LogP contribution in [-0.4, -0.2) is 45.8 Å². The summed E-state index contributed by atoms with van der Waals surface area (Å²) in [5.74, 6) is 0. The molecule has 0 aliphatic rings. The van der Waals surface area contributed by atoms with Crippen LogP contribution in [0.15, 0.2) is 29.2 Å². The average molecular weight is 270 g/mol. The van der Waals surface area contributed by atoms with Gasteiger partial charge in [0.1, 0.15) is 0 Å². The molecule has 0 atom stereocenters. The zero-order valence-corrected chi connectivity index (χ0v) is 12.5. The van der Waals surface area contributed by atoms with Gasteiger partial charge in [-0.05, 0) is 52.2 Å². The van der Waals surface area contributed by atoms with Crippen LogP contribution >= 0.6 is 0 Å². The molecule has 0 radical (unpaired) electrons. The Balaban J connectivity index is 2.71. The molecule has 0 saturated heterocycles. The fraction of sp³-hybridized carbons (Fsp3) is 0.538. The van der Waals surface area contributed by atoms with E-state index in [1.54, 1.807) is 24.3 Å². The van der Waals surface area contributed by atoms with Gasteiger partial charge in [-0.15, -0.1) is 0 Å². The molecular weight excluding hydrogens is 248 g/mol. The zero-order chi connectivity index (χ0) is 14.0. The van der Waals surface area contributed by atoms with Crippen molar-refractivity contribution in [3.63, 3.8) is 0 Å². The summed E-state index contributed by atoms with van der Waals surface area (Å²) < 4.78 is 22.6. The van der Waals surface area contributed by atoms with E-state index in [1.807, 2.05) is 14.1 Å². The van der Waals surface area contributed by atoms with Gasteiger partial charge in [-0.25, -0.2) is 8.42 Å². The topological polar surface area (TPSA) is 49.4 Å². The van der Waals surface area contributed by atoms with Crippen LogP contribution in [0.25, 0.3) is 0 Å². The van der Waals surface area contributed by atoms with Gasteiger partial charge in [-0.2, -0.15) is 0 Å². The Morgan fingerprint density at radius 3 is 2.06 bits per heavy atom. The number of nitrogens with one attached hydrogen (secondary N) is 1. The Morgan fingerprint density at radius 2 is 1.67 bits per heavy atom. The van der Waals surface area contributed by atoms with Gasteiger partial charge in [0.15, 0.2) is 9.84 Å². The van der Waals surface area contributed by atoms with E-state index in [9.17, 15) is 8.42 Å². The van der Waals surface area contributed by atoms with Gasteiger partial charge in [0.25, 0.3) is 0 Å². The smallest absolute Gasteiger partial charge is 0.175 e. The average Bonchev–Trinajstić information content (AvgIpc) is 2.25. The first kappa shape index (κ1) is 15.0. The van der Waals surface area contributed by atoms with Crippen LogP contribution in [0, 0.1) is 0 Å². The zero-order valence-electron chi connectivity index (χ0n) is 11.7. The van der Waals surface area contributed by atoms with Crippen LogP contribution in [0.1, 0.15) is 13.8 Å². The van der Waals surface area contributed by atoms with E-state index in [0.717, 1.165) is 12.2 Å². The lowest BCUT2D eigenvalue weighted by Gasteiger charge is -2.33. The first-order valence-corrected chi connectivity index (χ1v) is 7.73. The van der Waals surface area contributed by atoms with Crippen LogP contribution in [0.2, 0.25) is 0 Å². The van der Waals surface area contributed by atoms with Gasteiger partial charge >= 0.3 is 0 Å². The number of likely N-dealkylation sites (N-methyl/N-ethyl adjacent to an activating group) is 1. The van der Waals surface area contributed by atoms with E-state index < -0.39 is 9.84 Å². The molecule has 18 heavy (non-hydrogen) atoms. The molecule has 0 heterocycles. The van der Waals surface area contributed by atoms with Crippen molar-refractivity contribution in [2.75, 3.05) is 32.2 Å². The number of hydrogen-bond acceptors (Lipinski definition) is 4. The van der Waals surface area contributed by atoms with E-state index in [2.05, 4.69) is 24.1 Å². The number of hydrogen-bond donors (Lipinski definition) is 1. The summed E-state index contributed by atoms with van der Waals surface area (Å²) in [6.07, 6.45) is 1.21. The second-order valence-electron chi connectivity index (χ2n) is 5.36. The number of rotatable bonds is 5. The van der Waals surface area contributed by atoms with Crippen molar-refractivity contribution in [2.24, 2.45) is 0 Å². The van der Waals surface area contributed by atoms with Crippen molar-refractivity contribution in [1.29, 1.82) is 0 Å². The van der Waals surface area contributed by atoms with Gasteiger partial charge in [0.2, 0.25) is 0 Å². The highest BCUT2D eigenvalue weighted by atomic mass is 32.2. The van der Waals surface area contributed by atoms with Crippen molar-refractivity contribution in [2.45, 2.75) is 24.3 Å². The quantitative estimate of drug-likeness (QED) is 0.887. The number of benzene rings is 1. The summed E-state index contributed by atoms with van der Waals surface area (Å²) in [6, 6.07) is 6.84. The third kappa shape index (κ3) is 3.99.